The molecule has 1 atom stereocenters. The molecule has 0 fully saturated rings. The third-order valence-electron chi connectivity index (χ3n) is 1.73. The maximum absolute atomic E-state index is 13.0. The molecule has 0 heterocycles. The van der Waals surface area contributed by atoms with Crippen molar-refractivity contribution < 1.29 is 19.3 Å². The summed E-state index contributed by atoms with van der Waals surface area (Å²) in [7, 11) is 0. The lowest BCUT2D eigenvalue weighted by molar-refractivity contribution is 0.0534. The first kappa shape index (κ1) is 11.4. The zero-order valence-corrected chi connectivity index (χ0v) is 7.85. The van der Waals surface area contributed by atoms with E-state index in [2.05, 4.69) is 0 Å². The minimum absolute atomic E-state index is 0.0602. The standard InChI is InChI=1S/C10H10FNO3/c11-9-2-1-3-10(8(9)4-12)15-6-7(14)5-13/h1-3,7,13-14H,5-6H2. The van der Waals surface area contributed by atoms with Crippen molar-refractivity contribution in [2.24, 2.45) is 0 Å². The molecule has 0 saturated heterocycles. The fourth-order valence-corrected chi connectivity index (χ4v) is 0.972. The second kappa shape index (κ2) is 5.29. The number of nitriles is 1. The maximum Gasteiger partial charge on any atom is 0.144 e. The molecule has 0 radical (unpaired) electrons. The fraction of sp³-hybridized carbons (Fsp3) is 0.300. The van der Waals surface area contributed by atoms with Crippen molar-refractivity contribution in [2.45, 2.75) is 6.10 Å². The average molecular weight is 211 g/mol. The first-order valence-corrected chi connectivity index (χ1v) is 4.29. The van der Waals surface area contributed by atoms with E-state index in [1.54, 1.807) is 6.07 Å². The van der Waals surface area contributed by atoms with E-state index in [9.17, 15) is 4.39 Å². The van der Waals surface area contributed by atoms with Gasteiger partial charge in [-0.05, 0) is 12.1 Å². The van der Waals surface area contributed by atoms with Crippen molar-refractivity contribution >= 4 is 0 Å². The second-order valence-electron chi connectivity index (χ2n) is 2.87. The predicted octanol–water partition coefficient (Wildman–Crippen LogP) is 0.429. The van der Waals surface area contributed by atoms with Gasteiger partial charge in [0.2, 0.25) is 0 Å². The minimum Gasteiger partial charge on any atom is -0.489 e. The molecular formula is C10H10FNO3. The molecule has 0 aliphatic heterocycles. The van der Waals surface area contributed by atoms with Crippen LogP contribution in [0.5, 0.6) is 5.75 Å². The van der Waals surface area contributed by atoms with Gasteiger partial charge in [0.15, 0.2) is 0 Å². The maximum atomic E-state index is 13.0. The molecule has 1 aromatic carbocycles. The Morgan fingerprint density at radius 3 is 2.87 bits per heavy atom. The molecular weight excluding hydrogens is 201 g/mol. The molecule has 0 saturated carbocycles. The number of aliphatic hydroxyl groups is 2. The lowest BCUT2D eigenvalue weighted by Crippen LogP contribution is -2.21. The Bertz CT molecular complexity index is 375. The van der Waals surface area contributed by atoms with Crippen LogP contribution in [0.1, 0.15) is 5.56 Å². The Balaban J connectivity index is 2.77. The quantitative estimate of drug-likeness (QED) is 0.757. The number of aliphatic hydroxyl groups excluding tert-OH is 2. The van der Waals surface area contributed by atoms with E-state index in [1.807, 2.05) is 0 Å². The molecule has 0 aromatic heterocycles. The molecule has 0 bridgehead atoms. The van der Waals surface area contributed by atoms with Gasteiger partial charge in [0.05, 0.1) is 6.61 Å². The molecule has 0 amide bonds. The van der Waals surface area contributed by atoms with Crippen LogP contribution in [0.3, 0.4) is 0 Å². The topological polar surface area (TPSA) is 73.5 Å². The summed E-state index contributed by atoms with van der Waals surface area (Å²) in [6.45, 7) is -0.633. The zero-order valence-electron chi connectivity index (χ0n) is 7.85. The highest BCUT2D eigenvalue weighted by Gasteiger charge is 2.10. The Kier molecular flexibility index (Phi) is 4.03. The van der Waals surface area contributed by atoms with Gasteiger partial charge in [0, 0.05) is 0 Å². The van der Waals surface area contributed by atoms with Crippen LogP contribution < -0.4 is 4.74 Å². The molecule has 4 nitrogen and oxygen atoms in total. The van der Waals surface area contributed by atoms with Crippen molar-refractivity contribution in [1.82, 2.24) is 0 Å². The van der Waals surface area contributed by atoms with Crippen LogP contribution in [-0.4, -0.2) is 29.5 Å². The predicted molar refractivity (Wildman–Crippen MR) is 49.7 cm³/mol. The number of benzene rings is 1. The summed E-state index contributed by atoms with van der Waals surface area (Å²) in [5.41, 5.74) is -0.206. The van der Waals surface area contributed by atoms with Crippen molar-refractivity contribution in [1.29, 1.82) is 5.26 Å². The summed E-state index contributed by atoms with van der Waals surface area (Å²) < 4.78 is 18.0. The normalized spacial score (nSPS) is 11.9. The zero-order chi connectivity index (χ0) is 11.3. The third kappa shape index (κ3) is 2.91. The van der Waals surface area contributed by atoms with Gasteiger partial charge in [-0.1, -0.05) is 6.07 Å². The summed E-state index contributed by atoms with van der Waals surface area (Å²) >= 11 is 0. The summed E-state index contributed by atoms with van der Waals surface area (Å²) in [4.78, 5) is 0. The van der Waals surface area contributed by atoms with Crippen molar-refractivity contribution in [2.75, 3.05) is 13.2 Å². The van der Waals surface area contributed by atoms with Crippen LogP contribution in [0.25, 0.3) is 0 Å². The highest BCUT2D eigenvalue weighted by Crippen LogP contribution is 2.20. The number of rotatable bonds is 4. The van der Waals surface area contributed by atoms with Gasteiger partial charge in [-0.3, -0.25) is 0 Å². The van der Waals surface area contributed by atoms with Gasteiger partial charge in [0.1, 0.15) is 35.9 Å². The lowest BCUT2D eigenvalue weighted by atomic mass is 10.2. The van der Waals surface area contributed by atoms with Crippen LogP contribution in [0.2, 0.25) is 0 Å². The van der Waals surface area contributed by atoms with Gasteiger partial charge < -0.3 is 14.9 Å². The number of halogens is 1. The molecule has 0 aliphatic rings. The first-order valence-electron chi connectivity index (χ1n) is 4.29. The summed E-state index contributed by atoms with van der Waals surface area (Å²) in [5.74, 6) is -0.613. The van der Waals surface area contributed by atoms with Crippen molar-refractivity contribution in [3.63, 3.8) is 0 Å². The van der Waals surface area contributed by atoms with E-state index >= 15 is 0 Å². The van der Waals surface area contributed by atoms with Crippen LogP contribution >= 0.6 is 0 Å². The minimum atomic E-state index is -1.04. The van der Waals surface area contributed by atoms with Crippen LogP contribution in [0, 0.1) is 17.1 Å². The number of nitrogens with zero attached hydrogens (tertiary/aromatic N) is 1. The van der Waals surface area contributed by atoms with Gasteiger partial charge in [-0.2, -0.15) is 5.26 Å². The molecule has 5 heteroatoms. The Labute approximate surface area is 86.2 Å². The van der Waals surface area contributed by atoms with E-state index in [1.165, 1.54) is 12.1 Å². The molecule has 1 aromatic rings. The van der Waals surface area contributed by atoms with Gasteiger partial charge in [-0.25, -0.2) is 4.39 Å². The smallest absolute Gasteiger partial charge is 0.144 e. The van der Waals surface area contributed by atoms with Crippen LogP contribution in [0.15, 0.2) is 18.2 Å². The Hall–Kier alpha value is -1.64. The molecule has 2 N–H and O–H groups in total. The van der Waals surface area contributed by atoms with E-state index in [0.29, 0.717) is 0 Å². The molecule has 1 unspecified atom stereocenters. The van der Waals surface area contributed by atoms with Gasteiger partial charge in [0.25, 0.3) is 0 Å². The van der Waals surface area contributed by atoms with Gasteiger partial charge in [-0.15, -0.1) is 0 Å². The largest absolute Gasteiger partial charge is 0.489 e. The Morgan fingerprint density at radius 1 is 1.53 bits per heavy atom. The lowest BCUT2D eigenvalue weighted by Gasteiger charge is -2.10. The summed E-state index contributed by atoms with van der Waals surface area (Å²) in [6.07, 6.45) is -1.04. The number of hydrogen-bond acceptors (Lipinski definition) is 4. The fourth-order valence-electron chi connectivity index (χ4n) is 0.972. The molecule has 0 aliphatic carbocycles. The van der Waals surface area contributed by atoms with E-state index in [0.717, 1.165) is 6.07 Å². The van der Waals surface area contributed by atoms with Crippen LogP contribution in [0.4, 0.5) is 4.39 Å². The monoisotopic (exact) mass is 211 g/mol. The Morgan fingerprint density at radius 2 is 2.27 bits per heavy atom. The molecule has 15 heavy (non-hydrogen) atoms. The molecule has 80 valence electrons. The number of hydrogen-bond donors (Lipinski definition) is 2. The van der Waals surface area contributed by atoms with E-state index in [-0.39, 0.29) is 17.9 Å². The van der Waals surface area contributed by atoms with E-state index < -0.39 is 18.5 Å². The van der Waals surface area contributed by atoms with E-state index in [4.69, 9.17) is 20.2 Å². The average Bonchev–Trinajstić information content (AvgIpc) is 2.25. The highest BCUT2D eigenvalue weighted by atomic mass is 19.1. The first-order chi connectivity index (χ1) is 7.19. The summed E-state index contributed by atoms with van der Waals surface area (Å²) in [6, 6.07) is 5.63. The second-order valence-corrected chi connectivity index (χ2v) is 2.87. The highest BCUT2D eigenvalue weighted by molar-refractivity contribution is 5.43. The summed E-state index contributed by atoms with van der Waals surface area (Å²) in [5, 5.41) is 26.2. The molecule has 0 spiro atoms. The third-order valence-corrected chi connectivity index (χ3v) is 1.73. The SMILES string of the molecule is N#Cc1c(F)cccc1OCC(O)CO. The van der Waals surface area contributed by atoms with Crippen molar-refractivity contribution in [3.8, 4) is 11.8 Å². The van der Waals surface area contributed by atoms with Crippen LogP contribution in [-0.2, 0) is 0 Å². The number of ether oxygens (including phenoxy) is 1. The van der Waals surface area contributed by atoms with Gasteiger partial charge >= 0.3 is 0 Å². The van der Waals surface area contributed by atoms with Crippen molar-refractivity contribution in [3.05, 3.63) is 29.6 Å². The molecule has 1 rings (SSSR count).